The number of hydrogen-bond donors (Lipinski definition) is 2. The summed E-state index contributed by atoms with van der Waals surface area (Å²) >= 11 is 0. The number of rotatable bonds is 4. The van der Waals surface area contributed by atoms with Crippen molar-refractivity contribution in [2.45, 2.75) is 43.7 Å². The molecule has 3 rings (SSSR count). The number of morpholine rings is 1. The number of benzene rings is 1. The summed E-state index contributed by atoms with van der Waals surface area (Å²) in [7, 11) is 0. The quantitative estimate of drug-likeness (QED) is 0.881. The molecule has 2 fully saturated rings. The highest BCUT2D eigenvalue weighted by atomic mass is 35.5. The first kappa shape index (κ1) is 18.2. The maximum absolute atomic E-state index is 13.1. The van der Waals surface area contributed by atoms with E-state index in [-0.39, 0.29) is 41.7 Å². The van der Waals surface area contributed by atoms with Gasteiger partial charge < -0.3 is 15.4 Å². The van der Waals surface area contributed by atoms with Crippen molar-refractivity contribution in [3.05, 3.63) is 35.6 Å². The van der Waals surface area contributed by atoms with Crippen LogP contribution in [0.15, 0.2) is 24.3 Å². The molecule has 1 saturated carbocycles. The largest absolute Gasteiger partial charge is 0.375 e. The van der Waals surface area contributed by atoms with Gasteiger partial charge in [-0.1, -0.05) is 18.6 Å². The third-order valence-corrected chi connectivity index (χ3v) is 4.97. The fourth-order valence-corrected chi connectivity index (χ4v) is 3.37. The summed E-state index contributed by atoms with van der Waals surface area (Å²) in [4.78, 5) is 12.4. The number of carbonyl (C=O) groups is 1. The number of carbonyl (C=O) groups excluding carboxylic acids is 1. The number of halogens is 2. The Morgan fingerprint density at radius 2 is 2.09 bits per heavy atom. The summed E-state index contributed by atoms with van der Waals surface area (Å²) in [5.74, 6) is -0.236. The normalized spacial score (nSPS) is 25.8. The van der Waals surface area contributed by atoms with Crippen molar-refractivity contribution in [1.29, 1.82) is 0 Å². The van der Waals surface area contributed by atoms with Gasteiger partial charge in [0.1, 0.15) is 11.9 Å². The Morgan fingerprint density at radius 3 is 2.65 bits per heavy atom. The summed E-state index contributed by atoms with van der Waals surface area (Å²) in [6.07, 6.45) is 3.09. The van der Waals surface area contributed by atoms with Gasteiger partial charge in [-0.25, -0.2) is 4.39 Å². The highest BCUT2D eigenvalue weighted by molar-refractivity contribution is 5.85. The lowest BCUT2D eigenvalue weighted by molar-refractivity contribution is -0.129. The topological polar surface area (TPSA) is 50.4 Å². The Hall–Kier alpha value is -1.17. The average molecular weight is 343 g/mol. The van der Waals surface area contributed by atoms with Crippen molar-refractivity contribution < 1.29 is 13.9 Å². The van der Waals surface area contributed by atoms with Gasteiger partial charge in [0.25, 0.3) is 0 Å². The third-order valence-electron chi connectivity index (χ3n) is 4.97. The first-order valence-corrected chi connectivity index (χ1v) is 7.99. The van der Waals surface area contributed by atoms with Crippen molar-refractivity contribution in [3.8, 4) is 0 Å². The van der Waals surface area contributed by atoms with Crippen molar-refractivity contribution in [2.24, 2.45) is 0 Å². The van der Waals surface area contributed by atoms with Gasteiger partial charge in [-0.15, -0.1) is 12.4 Å². The van der Waals surface area contributed by atoms with E-state index < -0.39 is 0 Å². The van der Waals surface area contributed by atoms with Crippen LogP contribution in [0.3, 0.4) is 0 Å². The Labute approximate surface area is 142 Å². The molecule has 128 valence electrons. The van der Waals surface area contributed by atoms with Gasteiger partial charge in [0.2, 0.25) is 5.91 Å². The highest BCUT2D eigenvalue weighted by Crippen LogP contribution is 2.43. The summed E-state index contributed by atoms with van der Waals surface area (Å²) in [6.45, 7) is 3.86. The number of hydrogen-bond acceptors (Lipinski definition) is 3. The van der Waals surface area contributed by atoms with E-state index in [1.807, 2.05) is 19.1 Å². The first-order valence-electron chi connectivity index (χ1n) is 7.99. The molecule has 1 aromatic carbocycles. The Kier molecular flexibility index (Phi) is 6.00. The number of ether oxygens (including phenoxy) is 1. The summed E-state index contributed by atoms with van der Waals surface area (Å²) in [5, 5.41) is 6.26. The van der Waals surface area contributed by atoms with Crippen LogP contribution in [-0.4, -0.2) is 37.7 Å². The molecule has 1 aliphatic carbocycles. The summed E-state index contributed by atoms with van der Waals surface area (Å²) in [5.41, 5.74) is 1.07. The van der Waals surface area contributed by atoms with Crippen LogP contribution in [0.5, 0.6) is 0 Å². The molecule has 0 radical (unpaired) electrons. The van der Waals surface area contributed by atoms with Crippen molar-refractivity contribution in [2.75, 3.05) is 19.7 Å². The maximum atomic E-state index is 13.1. The van der Waals surface area contributed by atoms with Crippen LogP contribution in [0.4, 0.5) is 4.39 Å². The molecule has 1 amide bonds. The first-order chi connectivity index (χ1) is 10.6. The zero-order valence-corrected chi connectivity index (χ0v) is 14.1. The molecule has 6 heteroatoms. The zero-order chi connectivity index (χ0) is 15.6. The monoisotopic (exact) mass is 342 g/mol. The Morgan fingerprint density at radius 1 is 1.39 bits per heavy atom. The highest BCUT2D eigenvalue weighted by Gasteiger charge is 2.39. The molecule has 0 aromatic heterocycles. The standard InChI is InChI=1S/C17H23FN2O2.ClH/c1-12-15(19-9-10-22-12)16(21)20-11-17(7-2-8-17)13-3-5-14(18)6-4-13;/h3-6,12,15,19H,2,7-11H2,1H3,(H,20,21);1H/t12-,15+;/m1./s1. The molecule has 1 saturated heterocycles. The predicted octanol–water partition coefficient (Wildman–Crippen LogP) is 2.16. The van der Waals surface area contributed by atoms with E-state index in [1.54, 1.807) is 0 Å². The van der Waals surface area contributed by atoms with Gasteiger partial charge >= 0.3 is 0 Å². The second-order valence-electron chi connectivity index (χ2n) is 6.37. The molecule has 0 unspecified atom stereocenters. The molecule has 23 heavy (non-hydrogen) atoms. The van der Waals surface area contributed by atoms with Gasteiger partial charge in [0.05, 0.1) is 12.7 Å². The van der Waals surface area contributed by atoms with Crippen LogP contribution in [0.2, 0.25) is 0 Å². The average Bonchev–Trinajstić information content (AvgIpc) is 2.48. The molecule has 4 nitrogen and oxygen atoms in total. The fourth-order valence-electron chi connectivity index (χ4n) is 3.37. The van der Waals surface area contributed by atoms with E-state index in [1.165, 1.54) is 12.1 Å². The van der Waals surface area contributed by atoms with Gasteiger partial charge in [-0.2, -0.15) is 0 Å². The Balaban J connectivity index is 0.00000192. The molecule has 2 aliphatic rings. The molecule has 1 aromatic rings. The molecule has 2 atom stereocenters. The van der Waals surface area contributed by atoms with Crippen LogP contribution in [0.25, 0.3) is 0 Å². The van der Waals surface area contributed by atoms with E-state index in [0.29, 0.717) is 19.7 Å². The van der Waals surface area contributed by atoms with E-state index in [0.717, 1.165) is 24.8 Å². The lowest BCUT2D eigenvalue weighted by Gasteiger charge is -2.43. The van der Waals surface area contributed by atoms with Crippen LogP contribution < -0.4 is 10.6 Å². The zero-order valence-electron chi connectivity index (χ0n) is 13.3. The van der Waals surface area contributed by atoms with Crippen LogP contribution in [0, 0.1) is 5.82 Å². The fraction of sp³-hybridized carbons (Fsp3) is 0.588. The van der Waals surface area contributed by atoms with Gasteiger partial charge in [-0.3, -0.25) is 4.79 Å². The minimum absolute atomic E-state index is 0. The second kappa shape index (κ2) is 7.60. The lowest BCUT2D eigenvalue weighted by Crippen LogP contribution is -2.57. The van der Waals surface area contributed by atoms with E-state index in [4.69, 9.17) is 4.74 Å². The SMILES string of the molecule is C[C@H]1OCCN[C@@H]1C(=O)NCC1(c2ccc(F)cc2)CCC1.Cl. The molecule has 0 spiro atoms. The van der Waals surface area contributed by atoms with Crippen LogP contribution in [-0.2, 0) is 14.9 Å². The molecule has 0 bridgehead atoms. The molecule has 2 N–H and O–H groups in total. The minimum Gasteiger partial charge on any atom is -0.375 e. The van der Waals surface area contributed by atoms with Crippen LogP contribution >= 0.6 is 12.4 Å². The van der Waals surface area contributed by atoms with E-state index in [2.05, 4.69) is 10.6 Å². The van der Waals surface area contributed by atoms with Gasteiger partial charge in [-0.05, 0) is 37.5 Å². The van der Waals surface area contributed by atoms with Gasteiger partial charge in [0, 0.05) is 18.5 Å². The number of nitrogens with one attached hydrogen (secondary N) is 2. The molecular weight excluding hydrogens is 319 g/mol. The molecule has 1 aliphatic heterocycles. The van der Waals surface area contributed by atoms with Crippen molar-refractivity contribution in [3.63, 3.8) is 0 Å². The minimum atomic E-state index is -0.293. The summed E-state index contributed by atoms with van der Waals surface area (Å²) < 4.78 is 18.6. The second-order valence-corrected chi connectivity index (χ2v) is 6.37. The third kappa shape index (κ3) is 3.84. The summed E-state index contributed by atoms with van der Waals surface area (Å²) in [6, 6.07) is 6.38. The van der Waals surface area contributed by atoms with E-state index in [9.17, 15) is 9.18 Å². The van der Waals surface area contributed by atoms with Crippen molar-refractivity contribution >= 4 is 18.3 Å². The lowest BCUT2D eigenvalue weighted by atomic mass is 9.64. The van der Waals surface area contributed by atoms with Gasteiger partial charge in [0.15, 0.2) is 0 Å². The van der Waals surface area contributed by atoms with Crippen molar-refractivity contribution in [1.82, 2.24) is 10.6 Å². The Bertz CT molecular complexity index is 534. The van der Waals surface area contributed by atoms with E-state index >= 15 is 0 Å². The van der Waals surface area contributed by atoms with Crippen LogP contribution in [0.1, 0.15) is 31.7 Å². The smallest absolute Gasteiger partial charge is 0.239 e. The molecule has 1 heterocycles. The molecular formula is C17H24ClFN2O2. The number of amides is 1. The maximum Gasteiger partial charge on any atom is 0.239 e. The predicted molar refractivity (Wildman–Crippen MR) is 89.4 cm³/mol.